The smallest absolute Gasteiger partial charge is 0.206 e. The van der Waals surface area contributed by atoms with Crippen LogP contribution in [0.3, 0.4) is 0 Å². The Bertz CT molecular complexity index is 494. The van der Waals surface area contributed by atoms with Gasteiger partial charge in [-0.25, -0.2) is 0 Å². The number of benzene rings is 1. The van der Waals surface area contributed by atoms with E-state index >= 15 is 0 Å². The molecular weight excluding hydrogens is 262 g/mol. The minimum Gasteiger partial charge on any atom is -0.357 e. The van der Waals surface area contributed by atoms with Crippen LogP contribution in [-0.2, 0) is 6.42 Å². The third-order valence-electron chi connectivity index (χ3n) is 2.77. The molecule has 0 unspecified atom stereocenters. The first-order valence-corrected chi connectivity index (χ1v) is 7.97. The highest BCUT2D eigenvalue weighted by Gasteiger charge is 2.22. The summed E-state index contributed by atoms with van der Waals surface area (Å²) in [7, 11) is 0. The third kappa shape index (κ3) is 3.46. The van der Waals surface area contributed by atoms with Gasteiger partial charge in [-0.05, 0) is 24.8 Å². The van der Waals surface area contributed by atoms with Gasteiger partial charge in [0.25, 0.3) is 0 Å². The summed E-state index contributed by atoms with van der Waals surface area (Å²) in [6.45, 7) is 0. The number of hydrogen-bond acceptors (Lipinski definition) is 5. The van der Waals surface area contributed by atoms with Crippen molar-refractivity contribution in [2.24, 2.45) is 0 Å². The average Bonchev–Trinajstić information content (AvgIpc) is 3.10. The van der Waals surface area contributed by atoms with Crippen molar-refractivity contribution in [1.29, 1.82) is 0 Å². The molecule has 0 spiro atoms. The highest BCUT2D eigenvalue weighted by Crippen LogP contribution is 2.30. The molecule has 1 heterocycles. The summed E-state index contributed by atoms with van der Waals surface area (Å²) in [6.07, 6.45) is 3.63. The Morgan fingerprint density at radius 2 is 2.06 bits per heavy atom. The zero-order valence-electron chi connectivity index (χ0n) is 10.0. The van der Waals surface area contributed by atoms with Crippen LogP contribution in [0.4, 0.5) is 5.13 Å². The van der Waals surface area contributed by atoms with Gasteiger partial charge in [0.1, 0.15) is 0 Å². The fraction of sp³-hybridized carbons (Fsp3) is 0.385. The normalized spacial score (nSPS) is 14.7. The second-order valence-corrected chi connectivity index (χ2v) is 6.70. The highest BCUT2D eigenvalue weighted by atomic mass is 32.2. The van der Waals surface area contributed by atoms with E-state index in [1.807, 2.05) is 0 Å². The Morgan fingerprint density at radius 3 is 2.83 bits per heavy atom. The number of hydrogen-bond donors (Lipinski definition) is 1. The molecule has 1 aliphatic carbocycles. The molecule has 0 atom stereocenters. The van der Waals surface area contributed by atoms with Gasteiger partial charge in [-0.15, -0.1) is 10.2 Å². The van der Waals surface area contributed by atoms with Crippen LogP contribution in [0, 0.1) is 0 Å². The summed E-state index contributed by atoms with van der Waals surface area (Å²) in [5, 5.41) is 12.7. The summed E-state index contributed by atoms with van der Waals surface area (Å²) >= 11 is 3.45. The van der Waals surface area contributed by atoms with Crippen molar-refractivity contribution in [3.05, 3.63) is 35.9 Å². The van der Waals surface area contributed by atoms with Crippen LogP contribution >= 0.6 is 23.1 Å². The molecule has 1 N–H and O–H groups in total. The van der Waals surface area contributed by atoms with Crippen molar-refractivity contribution in [3.63, 3.8) is 0 Å². The molecule has 0 saturated heterocycles. The molecule has 18 heavy (non-hydrogen) atoms. The van der Waals surface area contributed by atoms with Crippen LogP contribution in [0.15, 0.2) is 34.7 Å². The van der Waals surface area contributed by atoms with Crippen molar-refractivity contribution in [3.8, 4) is 0 Å². The summed E-state index contributed by atoms with van der Waals surface area (Å²) in [4.78, 5) is 0. The number of nitrogens with zero attached hydrogens (tertiary/aromatic N) is 2. The van der Waals surface area contributed by atoms with Gasteiger partial charge in [0.2, 0.25) is 5.13 Å². The number of rotatable bonds is 6. The Morgan fingerprint density at radius 1 is 1.22 bits per heavy atom. The molecule has 0 bridgehead atoms. The standard InChI is InChI=1S/C13H15N3S2/c1-2-4-10(5-3-1)8-9-17-13-16-15-12(18-13)14-11-6-7-11/h1-5,11H,6-9H2,(H,14,15). The molecular formula is C13H15N3S2. The topological polar surface area (TPSA) is 37.8 Å². The Kier molecular flexibility index (Phi) is 3.81. The van der Waals surface area contributed by atoms with Crippen LogP contribution in [-0.4, -0.2) is 22.0 Å². The van der Waals surface area contributed by atoms with E-state index in [9.17, 15) is 0 Å². The van der Waals surface area contributed by atoms with E-state index in [4.69, 9.17) is 0 Å². The monoisotopic (exact) mass is 277 g/mol. The molecule has 94 valence electrons. The highest BCUT2D eigenvalue weighted by molar-refractivity contribution is 8.01. The molecule has 3 nitrogen and oxygen atoms in total. The maximum Gasteiger partial charge on any atom is 0.206 e. The molecule has 1 aromatic carbocycles. The number of thioether (sulfide) groups is 1. The van der Waals surface area contributed by atoms with Crippen LogP contribution in [0.1, 0.15) is 18.4 Å². The average molecular weight is 277 g/mol. The van der Waals surface area contributed by atoms with E-state index in [2.05, 4.69) is 45.8 Å². The maximum atomic E-state index is 4.20. The fourth-order valence-corrected chi connectivity index (χ4v) is 3.52. The predicted octanol–water partition coefficient (Wildman–Crippen LogP) is 3.45. The SMILES string of the molecule is c1ccc(CCSc2nnc(NC3CC3)s2)cc1. The van der Waals surface area contributed by atoms with E-state index in [-0.39, 0.29) is 0 Å². The van der Waals surface area contributed by atoms with E-state index in [0.717, 1.165) is 21.6 Å². The molecule has 1 aromatic heterocycles. The van der Waals surface area contributed by atoms with Crippen LogP contribution in [0.5, 0.6) is 0 Å². The Hall–Kier alpha value is -1.07. The van der Waals surface area contributed by atoms with Gasteiger partial charge in [-0.3, -0.25) is 0 Å². The maximum absolute atomic E-state index is 4.20. The third-order valence-corrected chi connectivity index (χ3v) is 4.76. The lowest BCUT2D eigenvalue weighted by atomic mass is 10.2. The van der Waals surface area contributed by atoms with E-state index in [0.29, 0.717) is 6.04 Å². The number of anilines is 1. The Balaban J connectivity index is 1.46. The molecule has 0 amide bonds. The second kappa shape index (κ2) is 5.71. The minimum absolute atomic E-state index is 0.653. The molecule has 1 saturated carbocycles. The van der Waals surface area contributed by atoms with Crippen LogP contribution in [0.2, 0.25) is 0 Å². The van der Waals surface area contributed by atoms with Crippen molar-refractivity contribution >= 4 is 28.2 Å². The molecule has 2 aromatic rings. The predicted molar refractivity (Wildman–Crippen MR) is 77.4 cm³/mol. The molecule has 1 fully saturated rings. The van der Waals surface area contributed by atoms with Gasteiger partial charge in [0.15, 0.2) is 4.34 Å². The summed E-state index contributed by atoms with van der Waals surface area (Å²) in [5.41, 5.74) is 1.38. The number of aromatic nitrogens is 2. The fourth-order valence-electron chi connectivity index (χ4n) is 1.63. The number of nitrogens with one attached hydrogen (secondary N) is 1. The first-order valence-electron chi connectivity index (χ1n) is 6.17. The van der Waals surface area contributed by atoms with E-state index in [1.165, 1.54) is 18.4 Å². The first-order chi connectivity index (χ1) is 8.90. The number of aryl methyl sites for hydroxylation is 1. The molecule has 0 aliphatic heterocycles. The molecule has 5 heteroatoms. The van der Waals surface area contributed by atoms with E-state index in [1.54, 1.807) is 23.1 Å². The Labute approximate surface area is 115 Å². The van der Waals surface area contributed by atoms with Gasteiger partial charge in [0.05, 0.1) is 0 Å². The summed E-state index contributed by atoms with van der Waals surface area (Å²) in [6, 6.07) is 11.2. The van der Waals surface area contributed by atoms with Crippen molar-refractivity contribution < 1.29 is 0 Å². The zero-order valence-corrected chi connectivity index (χ0v) is 11.6. The van der Waals surface area contributed by atoms with Crippen LogP contribution < -0.4 is 5.32 Å². The zero-order chi connectivity index (χ0) is 12.2. The van der Waals surface area contributed by atoms with Crippen LogP contribution in [0.25, 0.3) is 0 Å². The summed E-state index contributed by atoms with van der Waals surface area (Å²) in [5.74, 6) is 1.06. The van der Waals surface area contributed by atoms with E-state index < -0.39 is 0 Å². The lowest BCUT2D eigenvalue weighted by molar-refractivity contribution is 0.993. The molecule has 3 rings (SSSR count). The van der Waals surface area contributed by atoms with Gasteiger partial charge in [0, 0.05) is 11.8 Å². The first kappa shape index (κ1) is 12.0. The second-order valence-electron chi connectivity index (χ2n) is 4.38. The van der Waals surface area contributed by atoms with Gasteiger partial charge in [-0.2, -0.15) is 0 Å². The lowest BCUT2D eigenvalue weighted by Crippen LogP contribution is -1.99. The quantitative estimate of drug-likeness (QED) is 0.821. The molecule has 0 radical (unpaired) electrons. The lowest BCUT2D eigenvalue weighted by Gasteiger charge is -1.98. The largest absolute Gasteiger partial charge is 0.357 e. The van der Waals surface area contributed by atoms with Crippen molar-refractivity contribution in [1.82, 2.24) is 10.2 Å². The molecule has 1 aliphatic rings. The van der Waals surface area contributed by atoms with Gasteiger partial charge >= 0.3 is 0 Å². The summed E-state index contributed by atoms with van der Waals surface area (Å²) < 4.78 is 1.06. The minimum atomic E-state index is 0.653. The van der Waals surface area contributed by atoms with Gasteiger partial charge < -0.3 is 5.32 Å². The van der Waals surface area contributed by atoms with Crippen molar-refractivity contribution in [2.45, 2.75) is 29.6 Å². The van der Waals surface area contributed by atoms with Gasteiger partial charge in [-0.1, -0.05) is 53.4 Å². The van der Waals surface area contributed by atoms with Crippen molar-refractivity contribution in [2.75, 3.05) is 11.1 Å².